The first-order valence-electron chi connectivity index (χ1n) is 7.81. The van der Waals surface area contributed by atoms with E-state index in [-0.39, 0.29) is 5.91 Å². The van der Waals surface area contributed by atoms with Gasteiger partial charge in [-0.2, -0.15) is 0 Å². The van der Waals surface area contributed by atoms with Gasteiger partial charge in [0.25, 0.3) is 0 Å². The van der Waals surface area contributed by atoms with Crippen molar-refractivity contribution in [2.45, 2.75) is 26.4 Å². The topological polar surface area (TPSA) is 80.3 Å². The molecule has 0 spiro atoms. The van der Waals surface area contributed by atoms with E-state index >= 15 is 0 Å². The number of benzene rings is 1. The molecule has 0 atom stereocenters. The van der Waals surface area contributed by atoms with E-state index < -0.39 is 11.7 Å². The molecular formula is C19H21N3O3. The van der Waals surface area contributed by atoms with Crippen molar-refractivity contribution < 1.29 is 14.3 Å². The number of nitrogens with zero attached hydrogens (tertiary/aromatic N) is 1. The minimum absolute atomic E-state index is 0.253. The molecule has 1 aromatic heterocycles. The lowest BCUT2D eigenvalue weighted by molar-refractivity contribution is -0.111. The van der Waals surface area contributed by atoms with Gasteiger partial charge in [0, 0.05) is 29.8 Å². The van der Waals surface area contributed by atoms with Gasteiger partial charge in [0.15, 0.2) is 0 Å². The van der Waals surface area contributed by atoms with Crippen molar-refractivity contribution >= 4 is 29.5 Å². The van der Waals surface area contributed by atoms with Crippen LogP contribution in [0.5, 0.6) is 0 Å². The van der Waals surface area contributed by atoms with Crippen molar-refractivity contribution in [2.75, 3.05) is 10.6 Å². The zero-order valence-electron chi connectivity index (χ0n) is 14.4. The molecule has 2 N–H and O–H groups in total. The number of rotatable bonds is 4. The highest BCUT2D eigenvalue weighted by molar-refractivity contribution is 6.02. The number of amides is 2. The molecule has 130 valence electrons. The first kappa shape index (κ1) is 18.2. The zero-order chi connectivity index (χ0) is 18.3. The van der Waals surface area contributed by atoms with E-state index in [1.54, 1.807) is 69.6 Å². The summed E-state index contributed by atoms with van der Waals surface area (Å²) in [6, 6.07) is 10.4. The summed E-state index contributed by atoms with van der Waals surface area (Å²) in [5.41, 5.74) is 1.49. The van der Waals surface area contributed by atoms with E-state index in [1.807, 2.05) is 6.07 Å². The molecule has 0 saturated heterocycles. The zero-order valence-corrected chi connectivity index (χ0v) is 14.4. The molecule has 6 nitrogen and oxygen atoms in total. The Bertz CT molecular complexity index is 748. The third-order valence-corrected chi connectivity index (χ3v) is 2.91. The van der Waals surface area contributed by atoms with Crippen molar-refractivity contribution in [1.29, 1.82) is 0 Å². The Morgan fingerprint density at radius 3 is 2.24 bits per heavy atom. The van der Waals surface area contributed by atoms with E-state index in [2.05, 4.69) is 15.6 Å². The molecule has 0 fully saturated rings. The van der Waals surface area contributed by atoms with Crippen LogP contribution in [0.15, 0.2) is 54.9 Å². The molecule has 6 heteroatoms. The maximum Gasteiger partial charge on any atom is 0.412 e. The first-order valence-corrected chi connectivity index (χ1v) is 7.81. The van der Waals surface area contributed by atoms with Gasteiger partial charge in [-0.15, -0.1) is 0 Å². The second-order valence-electron chi connectivity index (χ2n) is 6.31. The first-order chi connectivity index (χ1) is 11.8. The molecule has 0 bridgehead atoms. The molecule has 0 saturated carbocycles. The van der Waals surface area contributed by atoms with Crippen LogP contribution < -0.4 is 10.6 Å². The number of hydrogen-bond donors (Lipinski definition) is 2. The molecule has 2 rings (SSSR count). The quantitative estimate of drug-likeness (QED) is 0.823. The Hall–Kier alpha value is -3.15. The minimum atomic E-state index is -0.557. The number of ether oxygens (including phenoxy) is 1. The smallest absolute Gasteiger partial charge is 0.412 e. The standard InChI is InChI=1S/C19H21N3O3/c1-19(2,3)25-18(24)22-16-9-7-15(8-10-16)21-17(23)11-6-14-5-4-12-20-13-14/h4-13H,1-3H3,(H,21,23)(H,22,24)/b11-6+. The van der Waals surface area contributed by atoms with E-state index in [0.29, 0.717) is 11.4 Å². The van der Waals surface area contributed by atoms with Gasteiger partial charge in [0.2, 0.25) is 5.91 Å². The molecule has 1 heterocycles. The van der Waals surface area contributed by atoms with E-state index in [1.165, 1.54) is 6.08 Å². The lowest BCUT2D eigenvalue weighted by Gasteiger charge is -2.19. The number of carbonyl (C=O) groups is 2. The maximum atomic E-state index is 11.9. The number of pyridine rings is 1. The van der Waals surface area contributed by atoms with Crippen LogP contribution in [0.2, 0.25) is 0 Å². The summed E-state index contributed by atoms with van der Waals surface area (Å²) >= 11 is 0. The fourth-order valence-electron chi connectivity index (χ4n) is 1.89. The van der Waals surface area contributed by atoms with Gasteiger partial charge in [0.1, 0.15) is 5.60 Å². The SMILES string of the molecule is CC(C)(C)OC(=O)Nc1ccc(NC(=O)/C=C/c2cccnc2)cc1. The average Bonchev–Trinajstić information content (AvgIpc) is 2.54. The molecule has 2 aromatic rings. The molecule has 0 aliphatic rings. The Labute approximate surface area is 146 Å². The Morgan fingerprint density at radius 1 is 1.04 bits per heavy atom. The summed E-state index contributed by atoms with van der Waals surface area (Å²) in [5.74, 6) is -0.253. The molecular weight excluding hydrogens is 318 g/mol. The average molecular weight is 339 g/mol. The molecule has 0 aliphatic carbocycles. The largest absolute Gasteiger partial charge is 0.444 e. The predicted molar refractivity (Wildman–Crippen MR) is 98.2 cm³/mol. The van der Waals surface area contributed by atoms with Crippen molar-refractivity contribution in [1.82, 2.24) is 4.98 Å². The molecule has 0 aliphatic heterocycles. The van der Waals surface area contributed by atoms with Gasteiger partial charge in [-0.3, -0.25) is 15.1 Å². The van der Waals surface area contributed by atoms with E-state index in [9.17, 15) is 9.59 Å². The fourth-order valence-corrected chi connectivity index (χ4v) is 1.89. The summed E-state index contributed by atoms with van der Waals surface area (Å²) in [5, 5.41) is 5.37. The summed E-state index contributed by atoms with van der Waals surface area (Å²) in [6.45, 7) is 5.39. The number of nitrogens with one attached hydrogen (secondary N) is 2. The second kappa shape index (κ2) is 8.10. The van der Waals surface area contributed by atoms with Crippen LogP contribution in [0.25, 0.3) is 6.08 Å². The van der Waals surface area contributed by atoms with Gasteiger partial charge in [-0.25, -0.2) is 4.79 Å². The molecule has 2 amide bonds. The summed E-state index contributed by atoms with van der Waals surface area (Å²) in [6.07, 6.45) is 5.93. The van der Waals surface area contributed by atoms with E-state index in [0.717, 1.165) is 5.56 Å². The number of anilines is 2. The van der Waals surface area contributed by atoms with Crippen molar-refractivity contribution in [3.05, 3.63) is 60.4 Å². The molecule has 0 radical (unpaired) electrons. The van der Waals surface area contributed by atoms with Crippen LogP contribution in [0.3, 0.4) is 0 Å². The van der Waals surface area contributed by atoms with Crippen LogP contribution >= 0.6 is 0 Å². The minimum Gasteiger partial charge on any atom is -0.444 e. The summed E-state index contributed by atoms with van der Waals surface area (Å²) in [4.78, 5) is 27.6. The third kappa shape index (κ3) is 6.87. The van der Waals surface area contributed by atoms with Gasteiger partial charge in [-0.05, 0) is 62.7 Å². The van der Waals surface area contributed by atoms with Gasteiger partial charge >= 0.3 is 6.09 Å². The lowest BCUT2D eigenvalue weighted by atomic mass is 10.2. The number of hydrogen-bond acceptors (Lipinski definition) is 4. The van der Waals surface area contributed by atoms with E-state index in [4.69, 9.17) is 4.74 Å². The second-order valence-corrected chi connectivity index (χ2v) is 6.31. The summed E-state index contributed by atoms with van der Waals surface area (Å²) < 4.78 is 5.18. The molecule has 0 unspecified atom stereocenters. The van der Waals surface area contributed by atoms with Crippen LogP contribution in [-0.2, 0) is 9.53 Å². The Morgan fingerprint density at radius 2 is 1.68 bits per heavy atom. The number of carbonyl (C=O) groups excluding carboxylic acids is 2. The monoisotopic (exact) mass is 339 g/mol. The van der Waals surface area contributed by atoms with Crippen LogP contribution in [0, 0.1) is 0 Å². The molecule has 1 aromatic carbocycles. The van der Waals surface area contributed by atoms with Crippen LogP contribution in [0.4, 0.5) is 16.2 Å². The Kier molecular flexibility index (Phi) is 5.89. The normalized spacial score (nSPS) is 11.2. The highest BCUT2D eigenvalue weighted by atomic mass is 16.6. The van der Waals surface area contributed by atoms with Crippen LogP contribution in [-0.4, -0.2) is 22.6 Å². The van der Waals surface area contributed by atoms with Crippen LogP contribution in [0.1, 0.15) is 26.3 Å². The fraction of sp³-hybridized carbons (Fsp3) is 0.211. The van der Waals surface area contributed by atoms with Crippen molar-refractivity contribution in [3.8, 4) is 0 Å². The summed E-state index contributed by atoms with van der Waals surface area (Å²) in [7, 11) is 0. The molecule has 25 heavy (non-hydrogen) atoms. The van der Waals surface area contributed by atoms with Gasteiger partial charge < -0.3 is 10.1 Å². The van der Waals surface area contributed by atoms with Crippen molar-refractivity contribution in [2.24, 2.45) is 0 Å². The highest BCUT2D eigenvalue weighted by Gasteiger charge is 2.16. The Balaban J connectivity index is 1.88. The third-order valence-electron chi connectivity index (χ3n) is 2.91. The highest BCUT2D eigenvalue weighted by Crippen LogP contribution is 2.15. The van der Waals surface area contributed by atoms with Crippen molar-refractivity contribution in [3.63, 3.8) is 0 Å². The van der Waals surface area contributed by atoms with Gasteiger partial charge in [0.05, 0.1) is 0 Å². The maximum absolute atomic E-state index is 11.9. The predicted octanol–water partition coefficient (Wildman–Crippen LogP) is 4.08. The lowest BCUT2D eigenvalue weighted by Crippen LogP contribution is -2.27. The van der Waals surface area contributed by atoms with Gasteiger partial charge in [-0.1, -0.05) is 6.07 Å². The number of aromatic nitrogens is 1.